The summed E-state index contributed by atoms with van der Waals surface area (Å²) < 4.78 is 0. The number of hydrogen-bond acceptors (Lipinski definition) is 4. The Morgan fingerprint density at radius 3 is 2.45 bits per heavy atom. The molecule has 2 aliphatic carbocycles. The number of benzene rings is 1. The van der Waals surface area contributed by atoms with Crippen LogP contribution in [-0.2, 0) is 10.2 Å². The first kappa shape index (κ1) is 20.2. The third-order valence-corrected chi connectivity index (χ3v) is 7.88. The second kappa shape index (κ2) is 8.06. The van der Waals surface area contributed by atoms with Gasteiger partial charge in [-0.1, -0.05) is 43.2 Å². The smallest absolute Gasteiger partial charge is 0.274 e. The van der Waals surface area contributed by atoms with Crippen molar-refractivity contribution in [2.45, 2.75) is 50.4 Å². The molecule has 1 unspecified atom stereocenters. The fraction of sp³-hybridized carbons (Fsp3) is 0.520. The summed E-state index contributed by atoms with van der Waals surface area (Å²) in [6.45, 7) is 2.11. The lowest BCUT2D eigenvalue weighted by Crippen LogP contribution is -2.42. The van der Waals surface area contributed by atoms with E-state index in [1.165, 1.54) is 24.6 Å². The molecule has 6 nitrogen and oxygen atoms in total. The van der Waals surface area contributed by atoms with Gasteiger partial charge < -0.3 is 10.2 Å². The Bertz CT molecular complexity index is 933. The zero-order valence-corrected chi connectivity index (χ0v) is 17.9. The lowest BCUT2D eigenvalue weighted by molar-refractivity contribution is -0.123. The molecule has 2 saturated carbocycles. The molecular weight excluding hydrogens is 388 g/mol. The third-order valence-electron chi connectivity index (χ3n) is 7.88. The number of nitrogens with zero attached hydrogens (tertiary/aromatic N) is 3. The molecule has 162 valence electrons. The highest BCUT2D eigenvalue weighted by Gasteiger charge is 2.59. The van der Waals surface area contributed by atoms with Gasteiger partial charge >= 0.3 is 0 Å². The zero-order valence-electron chi connectivity index (χ0n) is 17.9. The molecule has 6 heteroatoms. The highest BCUT2D eigenvalue weighted by Crippen LogP contribution is 2.59. The van der Waals surface area contributed by atoms with Crippen LogP contribution in [0.1, 0.15) is 61.0 Å². The quantitative estimate of drug-likeness (QED) is 0.808. The van der Waals surface area contributed by atoms with Crippen LogP contribution in [-0.4, -0.2) is 46.3 Å². The van der Waals surface area contributed by atoms with Crippen LogP contribution in [0, 0.1) is 11.3 Å². The highest BCUT2D eigenvalue weighted by molar-refractivity contribution is 5.92. The van der Waals surface area contributed by atoms with Gasteiger partial charge in [-0.2, -0.15) is 0 Å². The molecule has 5 rings (SSSR count). The lowest BCUT2D eigenvalue weighted by Gasteiger charge is -2.33. The van der Waals surface area contributed by atoms with Crippen LogP contribution in [0.2, 0.25) is 0 Å². The molecule has 2 amide bonds. The molecule has 31 heavy (non-hydrogen) atoms. The van der Waals surface area contributed by atoms with Crippen LogP contribution in [0.15, 0.2) is 48.9 Å². The monoisotopic (exact) mass is 418 g/mol. The van der Waals surface area contributed by atoms with Crippen molar-refractivity contribution in [1.29, 1.82) is 0 Å². The number of amides is 2. The van der Waals surface area contributed by atoms with E-state index in [9.17, 15) is 9.59 Å². The van der Waals surface area contributed by atoms with E-state index < -0.39 is 0 Å². The second-order valence-electron chi connectivity index (χ2n) is 9.57. The van der Waals surface area contributed by atoms with Crippen LogP contribution in [0.5, 0.6) is 0 Å². The maximum absolute atomic E-state index is 13.0. The van der Waals surface area contributed by atoms with Gasteiger partial charge in [-0.15, -0.1) is 0 Å². The molecule has 1 aromatic carbocycles. The topological polar surface area (TPSA) is 75.2 Å². The van der Waals surface area contributed by atoms with E-state index in [0.717, 1.165) is 38.6 Å². The molecule has 1 aromatic heterocycles. The summed E-state index contributed by atoms with van der Waals surface area (Å²) in [5, 5.41) is 3.32. The summed E-state index contributed by atoms with van der Waals surface area (Å²) >= 11 is 0. The second-order valence-corrected chi connectivity index (χ2v) is 9.57. The van der Waals surface area contributed by atoms with E-state index >= 15 is 0 Å². The van der Waals surface area contributed by atoms with Crippen LogP contribution >= 0.6 is 0 Å². The number of aromatic nitrogens is 2. The van der Waals surface area contributed by atoms with Crippen molar-refractivity contribution in [1.82, 2.24) is 20.2 Å². The predicted octanol–water partition coefficient (Wildman–Crippen LogP) is 3.35. The molecule has 2 aromatic rings. The Morgan fingerprint density at radius 1 is 1.03 bits per heavy atom. The first-order valence-electron chi connectivity index (χ1n) is 11.5. The van der Waals surface area contributed by atoms with Crippen molar-refractivity contribution in [2.24, 2.45) is 11.3 Å². The van der Waals surface area contributed by atoms with Crippen molar-refractivity contribution in [2.75, 3.05) is 19.6 Å². The summed E-state index contributed by atoms with van der Waals surface area (Å²) in [5.41, 5.74) is 1.92. The van der Waals surface area contributed by atoms with Crippen molar-refractivity contribution in [3.8, 4) is 0 Å². The van der Waals surface area contributed by atoms with Crippen molar-refractivity contribution >= 4 is 11.8 Å². The molecule has 1 N–H and O–H groups in total. The third kappa shape index (κ3) is 3.84. The molecule has 3 aliphatic rings. The van der Waals surface area contributed by atoms with Gasteiger partial charge in [0.05, 0.1) is 6.20 Å². The summed E-state index contributed by atoms with van der Waals surface area (Å²) in [6, 6.07) is 10.7. The number of carbonyl (C=O) groups excluding carboxylic acids is 2. The molecule has 0 radical (unpaired) electrons. The average Bonchev–Trinajstić information content (AvgIpc) is 3.30. The molecule has 1 spiro atoms. The van der Waals surface area contributed by atoms with E-state index in [4.69, 9.17) is 0 Å². The first-order valence-corrected chi connectivity index (χ1v) is 11.5. The van der Waals surface area contributed by atoms with E-state index in [1.54, 1.807) is 12.4 Å². The number of hydrogen-bond donors (Lipinski definition) is 1. The van der Waals surface area contributed by atoms with Gasteiger partial charge in [-0.05, 0) is 43.1 Å². The van der Waals surface area contributed by atoms with E-state index in [1.807, 2.05) is 4.90 Å². The van der Waals surface area contributed by atoms with Crippen molar-refractivity contribution in [3.05, 3.63) is 60.2 Å². The Balaban J connectivity index is 1.16. The van der Waals surface area contributed by atoms with E-state index in [2.05, 4.69) is 45.6 Å². The van der Waals surface area contributed by atoms with Crippen molar-refractivity contribution in [3.63, 3.8) is 0 Å². The summed E-state index contributed by atoms with van der Waals surface area (Å²) in [4.78, 5) is 35.6. The van der Waals surface area contributed by atoms with Gasteiger partial charge in [0.15, 0.2) is 0 Å². The molecule has 0 bridgehead atoms. The SMILES string of the molecule is O=C(NCC1(c2ccccc2)CCCC1)C1CC12CCN(C(=O)c1cnccn1)CC2. The average molecular weight is 419 g/mol. The van der Waals surface area contributed by atoms with E-state index in [0.29, 0.717) is 18.8 Å². The maximum Gasteiger partial charge on any atom is 0.274 e. The zero-order chi connectivity index (χ0) is 21.3. The van der Waals surface area contributed by atoms with Gasteiger partial charge in [0.1, 0.15) is 5.69 Å². The molecule has 3 fully saturated rings. The van der Waals surface area contributed by atoms with Crippen LogP contribution in [0.25, 0.3) is 0 Å². The molecule has 1 atom stereocenters. The standard InChI is InChI=1S/C25H30N4O2/c30-22(28-18-25(8-4-5-9-25)19-6-2-1-3-7-19)20-16-24(20)10-14-29(15-11-24)23(31)21-17-26-12-13-27-21/h1-3,6-7,12-13,17,20H,4-5,8-11,14-16,18H2,(H,28,30). The summed E-state index contributed by atoms with van der Waals surface area (Å²) in [5.74, 6) is 0.238. The highest BCUT2D eigenvalue weighted by atomic mass is 16.2. The molecule has 1 aliphatic heterocycles. The van der Waals surface area contributed by atoms with Gasteiger partial charge in [0.2, 0.25) is 5.91 Å². The fourth-order valence-corrected chi connectivity index (χ4v) is 5.79. The van der Waals surface area contributed by atoms with Crippen LogP contribution in [0.4, 0.5) is 0 Å². The largest absolute Gasteiger partial charge is 0.355 e. The Labute approximate surface area is 183 Å². The van der Waals surface area contributed by atoms with Crippen LogP contribution < -0.4 is 5.32 Å². The van der Waals surface area contributed by atoms with Gasteiger partial charge in [0, 0.05) is 43.4 Å². The fourth-order valence-electron chi connectivity index (χ4n) is 5.79. The number of likely N-dealkylation sites (tertiary alicyclic amines) is 1. The first-order chi connectivity index (χ1) is 15.1. The number of carbonyl (C=O) groups is 2. The van der Waals surface area contributed by atoms with Gasteiger partial charge in [0.25, 0.3) is 5.91 Å². The summed E-state index contributed by atoms with van der Waals surface area (Å²) in [6.07, 6.45) is 12.1. The van der Waals surface area contributed by atoms with Gasteiger partial charge in [-0.3, -0.25) is 14.6 Å². The van der Waals surface area contributed by atoms with Gasteiger partial charge in [-0.25, -0.2) is 4.98 Å². The van der Waals surface area contributed by atoms with Crippen molar-refractivity contribution < 1.29 is 9.59 Å². The molecular formula is C25H30N4O2. The maximum atomic E-state index is 13.0. The molecule has 1 saturated heterocycles. The number of piperidine rings is 1. The Morgan fingerprint density at radius 2 is 1.77 bits per heavy atom. The minimum absolute atomic E-state index is 0.0596. The number of rotatable bonds is 5. The van der Waals surface area contributed by atoms with E-state index in [-0.39, 0.29) is 28.6 Å². The summed E-state index contributed by atoms with van der Waals surface area (Å²) in [7, 11) is 0. The molecule has 2 heterocycles. The van der Waals surface area contributed by atoms with Crippen LogP contribution in [0.3, 0.4) is 0 Å². The Kier molecular flexibility index (Phi) is 5.24. The minimum atomic E-state index is -0.0596. The Hall–Kier alpha value is -2.76. The lowest BCUT2D eigenvalue weighted by atomic mass is 9.78. The number of nitrogens with one attached hydrogen (secondary N) is 1. The minimum Gasteiger partial charge on any atom is -0.355 e. The normalized spacial score (nSPS) is 23.5. The predicted molar refractivity (Wildman–Crippen MR) is 117 cm³/mol.